The van der Waals surface area contributed by atoms with E-state index in [1.165, 1.54) is 11.3 Å². The first-order valence-electron chi connectivity index (χ1n) is 3.89. The molecule has 0 bridgehead atoms. The Hall–Kier alpha value is -0.720. The lowest BCUT2D eigenvalue weighted by molar-refractivity contribution is -0.115. The van der Waals surface area contributed by atoms with Gasteiger partial charge in [0.05, 0.1) is 0 Å². The molecule has 0 aliphatic heterocycles. The molecule has 1 N–H and O–H groups in total. The number of nitrogens with zero attached hydrogens (tertiary/aromatic N) is 2. The molecule has 7 heteroatoms. The van der Waals surface area contributed by atoms with E-state index in [4.69, 9.17) is 16.3 Å². The van der Waals surface area contributed by atoms with Crippen molar-refractivity contribution in [1.82, 2.24) is 10.2 Å². The van der Waals surface area contributed by atoms with Gasteiger partial charge in [0.25, 0.3) is 0 Å². The summed E-state index contributed by atoms with van der Waals surface area (Å²) in [5.41, 5.74) is 0. The summed E-state index contributed by atoms with van der Waals surface area (Å²) in [6.07, 6.45) is 0. The van der Waals surface area contributed by atoms with Crippen LogP contribution in [0.3, 0.4) is 0 Å². The van der Waals surface area contributed by atoms with Crippen LogP contribution in [0, 0.1) is 0 Å². The number of amides is 1. The highest BCUT2D eigenvalue weighted by Crippen LogP contribution is 2.16. The van der Waals surface area contributed by atoms with Gasteiger partial charge in [-0.3, -0.25) is 10.1 Å². The van der Waals surface area contributed by atoms with Crippen molar-refractivity contribution < 1.29 is 9.53 Å². The van der Waals surface area contributed by atoms with Crippen LogP contribution in [-0.2, 0) is 16.1 Å². The second-order valence-corrected chi connectivity index (χ2v) is 4.26. The summed E-state index contributed by atoms with van der Waals surface area (Å²) < 4.78 is 4.86. The number of ether oxygens (including phenoxy) is 1. The molecule has 0 aromatic carbocycles. The summed E-state index contributed by atoms with van der Waals surface area (Å²) in [5.74, 6) is -0.285. The largest absolute Gasteiger partial charge is 0.377 e. The fourth-order valence-electron chi connectivity index (χ4n) is 0.691. The van der Waals surface area contributed by atoms with Crippen LogP contribution in [0.1, 0.15) is 11.9 Å². The van der Waals surface area contributed by atoms with Crippen molar-refractivity contribution in [3.8, 4) is 0 Å². The molecule has 0 radical (unpaired) electrons. The highest BCUT2D eigenvalue weighted by molar-refractivity contribution is 7.15. The Morgan fingerprint density at radius 1 is 1.71 bits per heavy atom. The fraction of sp³-hybridized carbons (Fsp3) is 0.571. The van der Waals surface area contributed by atoms with Crippen LogP contribution in [-0.4, -0.2) is 28.6 Å². The summed E-state index contributed by atoms with van der Waals surface area (Å²) in [5, 5.41) is 10.7. The van der Waals surface area contributed by atoms with Crippen LogP contribution in [0.5, 0.6) is 0 Å². The van der Waals surface area contributed by atoms with Gasteiger partial charge >= 0.3 is 0 Å². The number of hydrogen-bond donors (Lipinski definition) is 1. The van der Waals surface area contributed by atoms with E-state index in [1.54, 1.807) is 14.0 Å². The first-order valence-corrected chi connectivity index (χ1v) is 5.15. The van der Waals surface area contributed by atoms with E-state index >= 15 is 0 Å². The van der Waals surface area contributed by atoms with Crippen molar-refractivity contribution in [2.24, 2.45) is 0 Å². The molecule has 0 fully saturated rings. The number of anilines is 1. The van der Waals surface area contributed by atoms with E-state index in [9.17, 15) is 4.79 Å². The Morgan fingerprint density at radius 2 is 2.43 bits per heavy atom. The smallest absolute Gasteiger partial charge is 0.243 e. The molecule has 1 rings (SSSR count). The molecular formula is C7H10ClN3O2S. The Kier molecular flexibility index (Phi) is 4.24. The third kappa shape index (κ3) is 3.21. The highest BCUT2D eigenvalue weighted by atomic mass is 35.5. The van der Waals surface area contributed by atoms with Crippen LogP contribution in [0.2, 0.25) is 0 Å². The van der Waals surface area contributed by atoms with Crippen LogP contribution in [0.15, 0.2) is 0 Å². The molecule has 0 aliphatic rings. The maximum absolute atomic E-state index is 11.1. The zero-order chi connectivity index (χ0) is 10.6. The van der Waals surface area contributed by atoms with Gasteiger partial charge in [-0.05, 0) is 6.92 Å². The second-order valence-electron chi connectivity index (χ2n) is 2.54. The summed E-state index contributed by atoms with van der Waals surface area (Å²) in [6, 6.07) is 0. The SMILES string of the molecule is COCc1nnc(NC(=O)[C@H](C)Cl)s1. The van der Waals surface area contributed by atoms with Crippen molar-refractivity contribution in [3.63, 3.8) is 0 Å². The maximum Gasteiger partial charge on any atom is 0.243 e. The molecule has 1 aromatic heterocycles. The monoisotopic (exact) mass is 235 g/mol. The molecule has 14 heavy (non-hydrogen) atoms. The number of carbonyl (C=O) groups excluding carboxylic acids is 1. The van der Waals surface area contributed by atoms with Gasteiger partial charge in [-0.1, -0.05) is 11.3 Å². The molecular weight excluding hydrogens is 226 g/mol. The average molecular weight is 236 g/mol. The quantitative estimate of drug-likeness (QED) is 0.798. The van der Waals surface area contributed by atoms with Gasteiger partial charge in [-0.2, -0.15) is 0 Å². The van der Waals surface area contributed by atoms with Crippen LogP contribution in [0.4, 0.5) is 5.13 Å². The molecule has 0 aliphatic carbocycles. The second kappa shape index (κ2) is 5.23. The molecule has 1 atom stereocenters. The highest BCUT2D eigenvalue weighted by Gasteiger charge is 2.12. The van der Waals surface area contributed by atoms with Gasteiger partial charge in [-0.25, -0.2) is 0 Å². The zero-order valence-corrected chi connectivity index (χ0v) is 9.35. The fourth-order valence-corrected chi connectivity index (χ4v) is 1.46. The van der Waals surface area contributed by atoms with Crippen LogP contribution < -0.4 is 5.32 Å². The van der Waals surface area contributed by atoms with Crippen molar-refractivity contribution in [2.45, 2.75) is 18.9 Å². The Labute approximate surface area is 90.4 Å². The van der Waals surface area contributed by atoms with E-state index in [0.717, 1.165) is 0 Å². The van der Waals surface area contributed by atoms with Crippen molar-refractivity contribution >= 4 is 34.0 Å². The lowest BCUT2D eigenvalue weighted by Crippen LogP contribution is -2.20. The molecule has 0 saturated heterocycles. The minimum atomic E-state index is -0.579. The molecule has 0 spiro atoms. The summed E-state index contributed by atoms with van der Waals surface area (Å²) in [6.45, 7) is 1.98. The van der Waals surface area contributed by atoms with E-state index < -0.39 is 5.38 Å². The normalized spacial score (nSPS) is 12.5. The van der Waals surface area contributed by atoms with Crippen molar-refractivity contribution in [1.29, 1.82) is 0 Å². The molecule has 0 unspecified atom stereocenters. The van der Waals surface area contributed by atoms with E-state index in [-0.39, 0.29) is 5.91 Å². The maximum atomic E-state index is 11.1. The Bertz CT molecular complexity index is 316. The molecule has 1 amide bonds. The van der Waals surface area contributed by atoms with Crippen molar-refractivity contribution in [2.75, 3.05) is 12.4 Å². The molecule has 1 heterocycles. The van der Waals surface area contributed by atoms with Gasteiger partial charge in [-0.15, -0.1) is 21.8 Å². The number of nitrogens with one attached hydrogen (secondary N) is 1. The summed E-state index contributed by atoms with van der Waals surface area (Å²) in [4.78, 5) is 11.1. The standard InChI is InChI=1S/C7H10ClN3O2S/c1-4(8)6(12)9-7-11-10-5(14-7)3-13-2/h4H,3H2,1-2H3,(H,9,11,12)/t4-/m0/s1. The number of hydrogen-bond acceptors (Lipinski definition) is 5. The predicted octanol–water partition coefficient (Wildman–Crippen LogP) is 1.25. The van der Waals surface area contributed by atoms with E-state index in [1.807, 2.05) is 0 Å². The molecule has 78 valence electrons. The van der Waals surface area contributed by atoms with Gasteiger partial charge in [0.1, 0.15) is 17.0 Å². The Balaban J connectivity index is 2.55. The van der Waals surface area contributed by atoms with E-state index in [0.29, 0.717) is 16.7 Å². The molecule has 1 aromatic rings. The predicted molar refractivity (Wildman–Crippen MR) is 54.6 cm³/mol. The minimum absolute atomic E-state index is 0.285. The molecule has 5 nitrogen and oxygen atoms in total. The number of halogens is 1. The average Bonchev–Trinajstić information content (AvgIpc) is 2.53. The number of carbonyl (C=O) groups is 1. The summed E-state index contributed by atoms with van der Waals surface area (Å²) >= 11 is 6.83. The number of rotatable bonds is 4. The van der Waals surface area contributed by atoms with Crippen LogP contribution >= 0.6 is 22.9 Å². The van der Waals surface area contributed by atoms with Gasteiger partial charge in [0, 0.05) is 7.11 Å². The number of alkyl halides is 1. The number of methoxy groups -OCH3 is 1. The lowest BCUT2D eigenvalue weighted by Gasteiger charge is -2.00. The first-order chi connectivity index (χ1) is 6.63. The van der Waals surface area contributed by atoms with Gasteiger partial charge in [0.2, 0.25) is 11.0 Å². The minimum Gasteiger partial charge on any atom is -0.377 e. The molecule has 0 saturated carbocycles. The third-order valence-electron chi connectivity index (χ3n) is 1.33. The number of aromatic nitrogens is 2. The third-order valence-corrected chi connectivity index (χ3v) is 2.34. The van der Waals surface area contributed by atoms with Crippen LogP contribution in [0.25, 0.3) is 0 Å². The van der Waals surface area contributed by atoms with E-state index in [2.05, 4.69) is 15.5 Å². The van der Waals surface area contributed by atoms with Crippen molar-refractivity contribution in [3.05, 3.63) is 5.01 Å². The lowest BCUT2D eigenvalue weighted by atomic mass is 10.4. The van der Waals surface area contributed by atoms with Gasteiger partial charge in [0.15, 0.2) is 0 Å². The summed E-state index contributed by atoms with van der Waals surface area (Å²) in [7, 11) is 1.57. The topological polar surface area (TPSA) is 64.1 Å². The first kappa shape index (κ1) is 11.4. The van der Waals surface area contributed by atoms with Gasteiger partial charge < -0.3 is 4.74 Å². The zero-order valence-electron chi connectivity index (χ0n) is 7.78. The Morgan fingerprint density at radius 3 is 3.00 bits per heavy atom.